The number of nitrogens with zero attached hydrogens (tertiary/aromatic N) is 2. The van der Waals surface area contributed by atoms with Gasteiger partial charge in [0.15, 0.2) is 5.76 Å². The fourth-order valence-electron chi connectivity index (χ4n) is 1.92. The molecule has 0 unspecified atom stereocenters. The van der Waals surface area contributed by atoms with Crippen LogP contribution >= 0.6 is 15.9 Å². The molecule has 0 saturated carbocycles. The molecule has 0 spiro atoms. The van der Waals surface area contributed by atoms with Gasteiger partial charge in [-0.05, 0) is 29.8 Å². The van der Waals surface area contributed by atoms with Gasteiger partial charge in [-0.25, -0.2) is 4.98 Å². The minimum atomic E-state index is -0.316. The van der Waals surface area contributed by atoms with Crippen LogP contribution in [0.2, 0.25) is 0 Å². The second-order valence-electron chi connectivity index (χ2n) is 4.44. The molecule has 0 atom stereocenters. The number of aromatic nitrogens is 2. The van der Waals surface area contributed by atoms with Gasteiger partial charge in [-0.1, -0.05) is 28.1 Å². The fraction of sp³-hybridized carbons (Fsp3) is 0.0667. The molecular formula is C15H12BrN3O2. The van der Waals surface area contributed by atoms with E-state index in [0.29, 0.717) is 12.5 Å². The van der Waals surface area contributed by atoms with Crippen LogP contribution in [0.1, 0.15) is 16.1 Å². The molecule has 0 saturated heterocycles. The number of rotatable bonds is 4. The lowest BCUT2D eigenvalue weighted by atomic mass is 10.2. The smallest absolute Gasteiger partial charge is 0.293 e. The highest BCUT2D eigenvalue weighted by Gasteiger charge is 2.12. The third kappa shape index (κ3) is 3.22. The van der Waals surface area contributed by atoms with Crippen LogP contribution in [0, 0.1) is 0 Å². The van der Waals surface area contributed by atoms with E-state index in [1.165, 1.54) is 6.26 Å². The average Bonchev–Trinajstić information content (AvgIpc) is 3.14. The highest BCUT2D eigenvalue weighted by molar-refractivity contribution is 9.10. The number of benzene rings is 1. The van der Waals surface area contributed by atoms with Crippen molar-refractivity contribution in [2.45, 2.75) is 6.54 Å². The maximum atomic E-state index is 12.0. The zero-order valence-corrected chi connectivity index (χ0v) is 12.6. The number of hydrogen-bond acceptors (Lipinski definition) is 3. The Hall–Kier alpha value is -2.34. The van der Waals surface area contributed by atoms with E-state index in [-0.39, 0.29) is 11.7 Å². The summed E-state index contributed by atoms with van der Waals surface area (Å²) in [6.07, 6.45) is 4.93. The highest BCUT2D eigenvalue weighted by atomic mass is 79.9. The van der Waals surface area contributed by atoms with E-state index in [1.807, 2.05) is 35.0 Å². The quantitative estimate of drug-likeness (QED) is 0.786. The van der Waals surface area contributed by atoms with Crippen LogP contribution in [0.3, 0.4) is 0 Å². The summed E-state index contributed by atoms with van der Waals surface area (Å²) in [6.45, 7) is 0.626. The molecule has 0 aliphatic heterocycles. The van der Waals surface area contributed by atoms with Crippen molar-refractivity contribution in [3.05, 3.63) is 70.9 Å². The van der Waals surface area contributed by atoms with Crippen LogP contribution in [0.15, 0.2) is 63.9 Å². The molecule has 0 aliphatic carbocycles. The molecule has 0 aliphatic rings. The van der Waals surface area contributed by atoms with E-state index in [1.54, 1.807) is 18.3 Å². The van der Waals surface area contributed by atoms with Crippen LogP contribution in [-0.4, -0.2) is 15.5 Å². The summed E-state index contributed by atoms with van der Waals surface area (Å²) in [4.78, 5) is 16.1. The van der Waals surface area contributed by atoms with Crippen molar-refractivity contribution in [2.75, 3.05) is 5.32 Å². The SMILES string of the molecule is O=C(Nc1nccn1Cc1ccc(Br)cc1)c1ccco1. The number of imidazole rings is 1. The predicted octanol–water partition coefficient (Wildman–Crippen LogP) is 3.54. The lowest BCUT2D eigenvalue weighted by Crippen LogP contribution is -2.15. The zero-order chi connectivity index (χ0) is 14.7. The Morgan fingerprint density at radius 2 is 2.10 bits per heavy atom. The number of furan rings is 1. The van der Waals surface area contributed by atoms with Crippen LogP contribution in [-0.2, 0) is 6.54 Å². The lowest BCUT2D eigenvalue weighted by Gasteiger charge is -2.08. The Morgan fingerprint density at radius 1 is 1.29 bits per heavy atom. The van der Waals surface area contributed by atoms with E-state index < -0.39 is 0 Å². The summed E-state index contributed by atoms with van der Waals surface area (Å²) in [6, 6.07) is 11.3. The lowest BCUT2D eigenvalue weighted by molar-refractivity contribution is 0.0995. The van der Waals surface area contributed by atoms with Gasteiger partial charge in [0.2, 0.25) is 5.95 Å². The number of amides is 1. The van der Waals surface area contributed by atoms with Gasteiger partial charge < -0.3 is 8.98 Å². The van der Waals surface area contributed by atoms with E-state index in [9.17, 15) is 4.79 Å². The first-order valence-electron chi connectivity index (χ1n) is 6.33. The minimum Gasteiger partial charge on any atom is -0.459 e. The largest absolute Gasteiger partial charge is 0.459 e. The monoisotopic (exact) mass is 345 g/mol. The zero-order valence-electron chi connectivity index (χ0n) is 11.0. The van der Waals surface area contributed by atoms with Gasteiger partial charge in [0.1, 0.15) is 0 Å². The Kier molecular flexibility index (Phi) is 3.87. The van der Waals surface area contributed by atoms with Crippen molar-refractivity contribution < 1.29 is 9.21 Å². The minimum absolute atomic E-state index is 0.258. The summed E-state index contributed by atoms with van der Waals surface area (Å²) < 4.78 is 7.96. The number of nitrogens with one attached hydrogen (secondary N) is 1. The molecular weight excluding hydrogens is 334 g/mol. The van der Waals surface area contributed by atoms with Crippen molar-refractivity contribution >= 4 is 27.8 Å². The first-order chi connectivity index (χ1) is 10.2. The van der Waals surface area contributed by atoms with Gasteiger partial charge in [-0.15, -0.1) is 0 Å². The van der Waals surface area contributed by atoms with E-state index in [4.69, 9.17) is 4.42 Å². The molecule has 1 N–H and O–H groups in total. The number of hydrogen-bond donors (Lipinski definition) is 1. The number of carbonyl (C=O) groups is 1. The van der Waals surface area contributed by atoms with Gasteiger partial charge in [0.25, 0.3) is 5.91 Å². The molecule has 106 valence electrons. The maximum absolute atomic E-state index is 12.0. The molecule has 2 heterocycles. The average molecular weight is 346 g/mol. The Labute approximate surface area is 129 Å². The molecule has 0 fully saturated rings. The van der Waals surface area contributed by atoms with E-state index in [0.717, 1.165) is 10.0 Å². The standard InChI is InChI=1S/C15H12BrN3O2/c16-12-5-3-11(4-6-12)10-19-8-7-17-15(19)18-14(20)13-2-1-9-21-13/h1-9H,10H2,(H,17,18,20). The number of carbonyl (C=O) groups excluding carboxylic acids is 1. The summed E-state index contributed by atoms with van der Waals surface area (Å²) in [5, 5.41) is 2.73. The maximum Gasteiger partial charge on any atom is 0.293 e. The van der Waals surface area contributed by atoms with Gasteiger partial charge in [0, 0.05) is 16.9 Å². The van der Waals surface area contributed by atoms with Crippen LogP contribution in [0.4, 0.5) is 5.95 Å². The van der Waals surface area contributed by atoms with Crippen molar-refractivity contribution in [2.24, 2.45) is 0 Å². The Balaban J connectivity index is 1.75. The molecule has 2 aromatic heterocycles. The molecule has 6 heteroatoms. The fourth-order valence-corrected chi connectivity index (χ4v) is 2.18. The third-order valence-electron chi connectivity index (χ3n) is 2.95. The Bertz CT molecular complexity index is 733. The predicted molar refractivity (Wildman–Crippen MR) is 82.1 cm³/mol. The number of halogens is 1. The van der Waals surface area contributed by atoms with E-state index >= 15 is 0 Å². The van der Waals surface area contributed by atoms with Crippen LogP contribution in [0.5, 0.6) is 0 Å². The van der Waals surface area contributed by atoms with Gasteiger partial charge >= 0.3 is 0 Å². The third-order valence-corrected chi connectivity index (χ3v) is 3.48. The topological polar surface area (TPSA) is 60.1 Å². The highest BCUT2D eigenvalue weighted by Crippen LogP contribution is 2.14. The van der Waals surface area contributed by atoms with Crippen LogP contribution in [0.25, 0.3) is 0 Å². The molecule has 0 bridgehead atoms. The Morgan fingerprint density at radius 3 is 2.81 bits per heavy atom. The van der Waals surface area contributed by atoms with Gasteiger partial charge in [-0.2, -0.15) is 0 Å². The van der Waals surface area contributed by atoms with Crippen molar-refractivity contribution in [1.82, 2.24) is 9.55 Å². The summed E-state index contributed by atoms with van der Waals surface area (Å²) in [5.41, 5.74) is 1.12. The first kappa shape index (κ1) is 13.6. The molecule has 0 radical (unpaired) electrons. The van der Waals surface area contributed by atoms with Gasteiger partial charge in [-0.3, -0.25) is 10.1 Å². The van der Waals surface area contributed by atoms with Crippen LogP contribution < -0.4 is 5.32 Å². The van der Waals surface area contributed by atoms with Crippen molar-refractivity contribution in [3.8, 4) is 0 Å². The molecule has 3 aromatic rings. The van der Waals surface area contributed by atoms with Gasteiger partial charge in [0.05, 0.1) is 12.8 Å². The molecule has 3 rings (SSSR count). The first-order valence-corrected chi connectivity index (χ1v) is 7.12. The number of anilines is 1. The van der Waals surface area contributed by atoms with E-state index in [2.05, 4.69) is 26.2 Å². The van der Waals surface area contributed by atoms with Crippen molar-refractivity contribution in [3.63, 3.8) is 0 Å². The summed E-state index contributed by atoms with van der Waals surface area (Å²) in [7, 11) is 0. The second-order valence-corrected chi connectivity index (χ2v) is 5.35. The normalized spacial score (nSPS) is 10.5. The molecule has 21 heavy (non-hydrogen) atoms. The van der Waals surface area contributed by atoms with Crippen molar-refractivity contribution in [1.29, 1.82) is 0 Å². The summed E-state index contributed by atoms with van der Waals surface area (Å²) >= 11 is 3.41. The molecule has 1 amide bonds. The molecule has 1 aromatic carbocycles. The second kappa shape index (κ2) is 5.97. The molecule has 5 nitrogen and oxygen atoms in total. The summed E-state index contributed by atoms with van der Waals surface area (Å²) in [5.74, 6) is 0.427.